The van der Waals surface area contributed by atoms with E-state index in [0.717, 1.165) is 6.42 Å². The number of aliphatic hydroxyl groups is 1. The van der Waals surface area contributed by atoms with Crippen molar-refractivity contribution in [1.29, 1.82) is 0 Å². The van der Waals surface area contributed by atoms with Gasteiger partial charge in [-0.3, -0.25) is 4.79 Å². The van der Waals surface area contributed by atoms with Crippen LogP contribution in [0.5, 0.6) is 0 Å². The molecule has 1 aliphatic heterocycles. The maximum absolute atomic E-state index is 12.3. The van der Waals surface area contributed by atoms with Gasteiger partial charge in [-0.1, -0.05) is 39.9 Å². The highest BCUT2D eigenvalue weighted by atomic mass is 28.3. The Bertz CT molecular complexity index is 333. The lowest BCUT2D eigenvalue weighted by atomic mass is 9.85. The molecule has 3 nitrogen and oxygen atoms in total. The van der Waals surface area contributed by atoms with Crippen LogP contribution in [0.1, 0.15) is 33.6 Å². The molecule has 0 aromatic carbocycles. The van der Waals surface area contributed by atoms with E-state index in [2.05, 4.69) is 45.0 Å². The Hall–Kier alpha value is -0.613. The van der Waals surface area contributed by atoms with E-state index < -0.39 is 8.24 Å². The molecule has 4 heteroatoms. The van der Waals surface area contributed by atoms with Crippen LogP contribution >= 0.6 is 0 Å². The fourth-order valence-corrected chi connectivity index (χ4v) is 5.11. The van der Waals surface area contributed by atoms with Crippen LogP contribution in [0.15, 0.2) is 12.7 Å². The number of aliphatic hydroxyl groups excluding tert-OH is 1. The van der Waals surface area contributed by atoms with Crippen molar-refractivity contribution in [3.63, 3.8) is 0 Å². The summed E-state index contributed by atoms with van der Waals surface area (Å²) in [5.74, 6) is 0.240. The van der Waals surface area contributed by atoms with Gasteiger partial charge < -0.3 is 9.67 Å². The molecule has 1 saturated heterocycles. The second-order valence-corrected chi connectivity index (χ2v) is 11.8. The number of amides is 1. The smallest absolute Gasteiger partial charge is 0.220 e. The highest BCUT2D eigenvalue weighted by molar-refractivity contribution is 6.80. The van der Waals surface area contributed by atoms with E-state index in [9.17, 15) is 4.79 Å². The SMILES string of the molecule is C=CCC1C(CCO)C(=O)N1[Si](C)(C)C(C)(C)C. The number of rotatable bonds is 5. The van der Waals surface area contributed by atoms with Crippen LogP contribution in [0.3, 0.4) is 0 Å². The molecule has 2 unspecified atom stereocenters. The molecule has 1 heterocycles. The second-order valence-electron chi connectivity index (χ2n) is 6.73. The summed E-state index contributed by atoms with van der Waals surface area (Å²) in [6.45, 7) is 15.1. The van der Waals surface area contributed by atoms with Crippen molar-refractivity contribution in [1.82, 2.24) is 4.57 Å². The van der Waals surface area contributed by atoms with Crippen molar-refractivity contribution in [2.45, 2.75) is 57.8 Å². The van der Waals surface area contributed by atoms with Crippen molar-refractivity contribution in [3.05, 3.63) is 12.7 Å². The highest BCUT2D eigenvalue weighted by Crippen LogP contribution is 2.46. The summed E-state index contributed by atoms with van der Waals surface area (Å²) in [5.41, 5.74) is 0. The van der Waals surface area contributed by atoms with Crippen molar-refractivity contribution in [3.8, 4) is 0 Å². The van der Waals surface area contributed by atoms with E-state index in [1.165, 1.54) is 0 Å². The van der Waals surface area contributed by atoms with Gasteiger partial charge >= 0.3 is 0 Å². The first-order valence-electron chi connectivity index (χ1n) is 6.73. The van der Waals surface area contributed by atoms with Crippen LogP contribution in [0, 0.1) is 5.92 Å². The summed E-state index contributed by atoms with van der Waals surface area (Å²) < 4.78 is 2.13. The summed E-state index contributed by atoms with van der Waals surface area (Å²) >= 11 is 0. The first-order chi connectivity index (χ1) is 8.18. The number of hydrogen-bond acceptors (Lipinski definition) is 2. The van der Waals surface area contributed by atoms with Gasteiger partial charge in [-0.25, -0.2) is 0 Å². The number of hydrogen-bond donors (Lipinski definition) is 1. The standard InChI is InChI=1S/C14H27NO2Si/c1-7-8-12-11(9-10-16)13(17)15(12)18(5,6)14(2,3)4/h7,11-12,16H,1,8-10H2,2-6H3. The molecule has 1 aliphatic rings. The van der Waals surface area contributed by atoms with Gasteiger partial charge in [0.2, 0.25) is 5.91 Å². The monoisotopic (exact) mass is 269 g/mol. The van der Waals surface area contributed by atoms with Crippen LogP contribution in [-0.4, -0.2) is 36.5 Å². The van der Waals surface area contributed by atoms with E-state index >= 15 is 0 Å². The quantitative estimate of drug-likeness (QED) is 0.474. The van der Waals surface area contributed by atoms with Crippen molar-refractivity contribution in [2.75, 3.05) is 6.61 Å². The Morgan fingerprint density at radius 2 is 2.00 bits per heavy atom. The van der Waals surface area contributed by atoms with E-state index in [4.69, 9.17) is 5.11 Å². The maximum atomic E-state index is 12.3. The Balaban J connectivity index is 2.95. The zero-order valence-electron chi connectivity index (χ0n) is 12.4. The van der Waals surface area contributed by atoms with Gasteiger partial charge in [0.25, 0.3) is 0 Å². The fourth-order valence-electron chi connectivity index (χ4n) is 2.55. The minimum absolute atomic E-state index is 0.00197. The zero-order chi connectivity index (χ0) is 14.1. The molecular weight excluding hydrogens is 242 g/mol. The molecule has 2 atom stereocenters. The normalized spacial score (nSPS) is 25.0. The summed E-state index contributed by atoms with van der Waals surface area (Å²) in [6.07, 6.45) is 3.31. The highest BCUT2D eigenvalue weighted by Gasteiger charge is 2.56. The lowest BCUT2D eigenvalue weighted by Crippen LogP contribution is -2.72. The predicted molar refractivity (Wildman–Crippen MR) is 77.8 cm³/mol. The molecule has 18 heavy (non-hydrogen) atoms. The molecule has 0 aromatic heterocycles. The maximum Gasteiger partial charge on any atom is 0.220 e. The molecule has 104 valence electrons. The van der Waals surface area contributed by atoms with Gasteiger partial charge in [-0.05, 0) is 17.9 Å². The van der Waals surface area contributed by atoms with E-state index in [1.807, 2.05) is 6.08 Å². The molecule has 1 rings (SSSR count). The molecular formula is C14H27NO2Si. The van der Waals surface area contributed by atoms with Crippen LogP contribution in [0.2, 0.25) is 18.1 Å². The van der Waals surface area contributed by atoms with Crippen LogP contribution in [0.25, 0.3) is 0 Å². The number of carbonyl (C=O) groups is 1. The van der Waals surface area contributed by atoms with Gasteiger partial charge in [-0.2, -0.15) is 0 Å². The van der Waals surface area contributed by atoms with E-state index in [-0.39, 0.29) is 29.5 Å². The Morgan fingerprint density at radius 1 is 1.44 bits per heavy atom. The predicted octanol–water partition coefficient (Wildman–Crippen LogP) is 2.78. The average Bonchev–Trinajstić information content (AvgIpc) is 2.23. The number of β-lactam (4-membered cyclic amide) rings is 1. The third kappa shape index (κ3) is 2.41. The minimum Gasteiger partial charge on any atom is -0.396 e. The fraction of sp³-hybridized carbons (Fsp3) is 0.786. The average molecular weight is 269 g/mol. The lowest BCUT2D eigenvalue weighted by Gasteiger charge is -2.58. The van der Waals surface area contributed by atoms with E-state index in [1.54, 1.807) is 0 Å². The number of carbonyl (C=O) groups excluding carboxylic acids is 1. The van der Waals surface area contributed by atoms with Crippen LogP contribution < -0.4 is 0 Å². The van der Waals surface area contributed by atoms with Gasteiger partial charge in [-0.15, -0.1) is 6.58 Å². The van der Waals surface area contributed by atoms with Gasteiger partial charge in [0, 0.05) is 12.6 Å². The first kappa shape index (κ1) is 15.4. The van der Waals surface area contributed by atoms with E-state index in [0.29, 0.717) is 6.42 Å². The lowest BCUT2D eigenvalue weighted by molar-refractivity contribution is -0.148. The first-order valence-corrected chi connectivity index (χ1v) is 9.68. The van der Waals surface area contributed by atoms with Crippen molar-refractivity contribution < 1.29 is 9.90 Å². The third-order valence-corrected chi connectivity index (χ3v) is 10.1. The summed E-state index contributed by atoms with van der Waals surface area (Å²) in [7, 11) is -1.80. The molecule has 1 N–H and O–H groups in total. The largest absolute Gasteiger partial charge is 0.396 e. The van der Waals surface area contributed by atoms with Crippen molar-refractivity contribution >= 4 is 14.1 Å². The topological polar surface area (TPSA) is 40.5 Å². The molecule has 0 radical (unpaired) electrons. The molecule has 0 bridgehead atoms. The third-order valence-electron chi connectivity index (χ3n) is 4.64. The zero-order valence-corrected chi connectivity index (χ0v) is 13.4. The Morgan fingerprint density at radius 3 is 2.39 bits per heavy atom. The molecule has 0 spiro atoms. The number of nitrogens with zero attached hydrogens (tertiary/aromatic N) is 1. The molecule has 1 fully saturated rings. The molecule has 1 amide bonds. The molecule has 0 aromatic rings. The van der Waals surface area contributed by atoms with Crippen LogP contribution in [-0.2, 0) is 4.79 Å². The summed E-state index contributed by atoms with van der Waals surface area (Å²) in [6, 6.07) is 0.253. The van der Waals surface area contributed by atoms with Gasteiger partial charge in [0.1, 0.15) is 0 Å². The Labute approximate surface area is 112 Å². The molecule has 0 saturated carbocycles. The summed E-state index contributed by atoms with van der Waals surface area (Å²) in [4.78, 5) is 12.3. The minimum atomic E-state index is -1.80. The van der Waals surface area contributed by atoms with Gasteiger partial charge in [0.15, 0.2) is 8.24 Å². The molecule has 0 aliphatic carbocycles. The van der Waals surface area contributed by atoms with Crippen molar-refractivity contribution in [2.24, 2.45) is 5.92 Å². The van der Waals surface area contributed by atoms with Gasteiger partial charge in [0.05, 0.1) is 5.92 Å². The van der Waals surface area contributed by atoms with Crippen LogP contribution in [0.4, 0.5) is 0 Å². The second kappa shape index (κ2) is 5.17. The summed E-state index contributed by atoms with van der Waals surface area (Å²) in [5, 5.41) is 9.23. The Kier molecular flexibility index (Phi) is 4.44.